The van der Waals surface area contributed by atoms with Crippen LogP contribution in [0.25, 0.3) is 0 Å². The van der Waals surface area contributed by atoms with E-state index in [4.69, 9.17) is 4.74 Å². The van der Waals surface area contributed by atoms with Gasteiger partial charge in [-0.05, 0) is 53.9 Å². The number of nitrogens with zero attached hydrogens (tertiary/aromatic N) is 1. The minimum absolute atomic E-state index is 0.132. The molecule has 1 amide bonds. The van der Waals surface area contributed by atoms with Crippen molar-refractivity contribution in [3.8, 4) is 5.75 Å². The molecular weight excluding hydrogens is 412 g/mol. The summed E-state index contributed by atoms with van der Waals surface area (Å²) in [5.74, 6) is 0.316. The minimum atomic E-state index is -3.64. The van der Waals surface area contributed by atoms with Gasteiger partial charge in [0.2, 0.25) is 10.0 Å². The Bertz CT molecular complexity index is 1110. The highest BCUT2D eigenvalue weighted by atomic mass is 32.2. The predicted octanol–water partition coefficient (Wildman–Crippen LogP) is 4.09. The summed E-state index contributed by atoms with van der Waals surface area (Å²) in [5.41, 5.74) is 2.54. The van der Waals surface area contributed by atoms with Crippen LogP contribution < -0.4 is 10.1 Å². The summed E-state index contributed by atoms with van der Waals surface area (Å²) in [6, 6.07) is 23.1. The van der Waals surface area contributed by atoms with E-state index in [1.165, 1.54) is 16.4 Å². The highest BCUT2D eigenvalue weighted by Crippen LogP contribution is 2.19. The fourth-order valence-corrected chi connectivity index (χ4v) is 4.18. The Hall–Kier alpha value is -3.16. The molecule has 0 bridgehead atoms. The molecule has 0 saturated heterocycles. The average molecular weight is 439 g/mol. The topological polar surface area (TPSA) is 75.7 Å². The molecule has 0 aliphatic heterocycles. The van der Waals surface area contributed by atoms with E-state index in [-0.39, 0.29) is 24.0 Å². The lowest BCUT2D eigenvalue weighted by Crippen LogP contribution is -2.26. The molecule has 0 spiro atoms. The van der Waals surface area contributed by atoms with Crippen molar-refractivity contribution in [3.05, 3.63) is 90.0 Å². The summed E-state index contributed by atoms with van der Waals surface area (Å²) in [6.45, 7) is 2.19. The molecule has 0 fully saturated rings. The molecule has 3 aromatic carbocycles. The number of carbonyl (C=O) groups is 1. The third-order valence-electron chi connectivity index (χ3n) is 4.77. The second-order valence-corrected chi connectivity index (χ2v) is 9.15. The number of benzene rings is 3. The maximum Gasteiger partial charge on any atom is 0.262 e. The van der Waals surface area contributed by atoms with Crippen LogP contribution in [0.15, 0.2) is 83.8 Å². The molecule has 0 atom stereocenters. The highest BCUT2D eigenvalue weighted by molar-refractivity contribution is 7.89. The van der Waals surface area contributed by atoms with Crippen LogP contribution in [0.5, 0.6) is 5.75 Å². The van der Waals surface area contributed by atoms with Crippen LogP contribution in [0, 0.1) is 0 Å². The van der Waals surface area contributed by atoms with Crippen molar-refractivity contribution in [2.24, 2.45) is 0 Å². The fraction of sp³-hybridized carbons (Fsp3) is 0.208. The summed E-state index contributed by atoms with van der Waals surface area (Å²) < 4.78 is 32.4. The van der Waals surface area contributed by atoms with Gasteiger partial charge in [0.05, 0.1) is 4.90 Å². The number of aryl methyl sites for hydroxylation is 1. The molecule has 1 N–H and O–H groups in total. The van der Waals surface area contributed by atoms with Crippen LogP contribution >= 0.6 is 0 Å². The number of hydrogen-bond donors (Lipinski definition) is 1. The molecule has 6 nitrogen and oxygen atoms in total. The third kappa shape index (κ3) is 6.16. The summed E-state index contributed by atoms with van der Waals surface area (Å²) >= 11 is 0. The summed E-state index contributed by atoms with van der Waals surface area (Å²) in [7, 11) is -2.09. The number of rotatable bonds is 9. The van der Waals surface area contributed by atoms with Crippen LogP contribution in [-0.2, 0) is 27.8 Å². The molecule has 0 unspecified atom stereocenters. The lowest BCUT2D eigenvalue weighted by molar-refractivity contribution is -0.118. The second-order valence-electron chi connectivity index (χ2n) is 7.11. The van der Waals surface area contributed by atoms with Gasteiger partial charge in [-0.15, -0.1) is 0 Å². The standard InChI is InChI=1S/C24H26N2O4S/c1-3-19-10-7-11-22(16-19)30-18-24(27)25-21-12-14-23(15-13-21)31(28,29)26(2)17-20-8-5-4-6-9-20/h4-16H,3,17-18H2,1-2H3,(H,25,27). The quantitative estimate of drug-likeness (QED) is 0.546. The number of hydrogen-bond acceptors (Lipinski definition) is 4. The first-order valence-electron chi connectivity index (χ1n) is 10.0. The van der Waals surface area contributed by atoms with E-state index in [0.29, 0.717) is 11.4 Å². The molecule has 0 saturated carbocycles. The maximum atomic E-state index is 12.8. The maximum absolute atomic E-state index is 12.8. The van der Waals surface area contributed by atoms with Gasteiger partial charge in [0.25, 0.3) is 5.91 Å². The second kappa shape index (κ2) is 10.2. The smallest absolute Gasteiger partial charge is 0.262 e. The molecule has 0 aliphatic carbocycles. The van der Waals surface area contributed by atoms with Crippen LogP contribution in [-0.4, -0.2) is 32.3 Å². The van der Waals surface area contributed by atoms with E-state index >= 15 is 0 Å². The van der Waals surface area contributed by atoms with Crippen molar-refractivity contribution < 1.29 is 17.9 Å². The molecule has 3 rings (SSSR count). The monoisotopic (exact) mass is 438 g/mol. The highest BCUT2D eigenvalue weighted by Gasteiger charge is 2.20. The van der Waals surface area contributed by atoms with Crippen LogP contribution in [0.4, 0.5) is 5.69 Å². The number of anilines is 1. The first-order chi connectivity index (χ1) is 14.9. The first-order valence-corrected chi connectivity index (χ1v) is 11.4. The Morgan fingerprint density at radius 1 is 0.935 bits per heavy atom. The molecular formula is C24H26N2O4S. The normalized spacial score (nSPS) is 11.3. The Morgan fingerprint density at radius 2 is 1.61 bits per heavy atom. The zero-order valence-electron chi connectivity index (χ0n) is 17.6. The third-order valence-corrected chi connectivity index (χ3v) is 6.59. The molecule has 0 aromatic heterocycles. The largest absolute Gasteiger partial charge is 0.484 e. The van der Waals surface area contributed by atoms with Gasteiger partial charge in [-0.1, -0.05) is 49.4 Å². The molecule has 162 valence electrons. The van der Waals surface area contributed by atoms with Crippen molar-refractivity contribution in [2.45, 2.75) is 24.8 Å². The van der Waals surface area contributed by atoms with Crippen molar-refractivity contribution >= 4 is 21.6 Å². The summed E-state index contributed by atoms with van der Waals surface area (Å²) in [6.07, 6.45) is 0.888. The number of amides is 1. The molecule has 0 heterocycles. The Morgan fingerprint density at radius 3 is 2.29 bits per heavy atom. The van der Waals surface area contributed by atoms with Gasteiger partial charge in [0.1, 0.15) is 5.75 Å². The predicted molar refractivity (Wildman–Crippen MR) is 121 cm³/mol. The van der Waals surface area contributed by atoms with Crippen molar-refractivity contribution in [1.82, 2.24) is 4.31 Å². The summed E-state index contributed by atoms with van der Waals surface area (Å²) in [5, 5.41) is 2.72. The summed E-state index contributed by atoms with van der Waals surface area (Å²) in [4.78, 5) is 12.3. The average Bonchev–Trinajstić information content (AvgIpc) is 2.79. The number of ether oxygens (including phenoxy) is 1. The van der Waals surface area contributed by atoms with E-state index in [1.807, 2.05) is 48.5 Å². The van der Waals surface area contributed by atoms with E-state index in [1.54, 1.807) is 25.2 Å². The molecule has 0 radical (unpaired) electrons. The van der Waals surface area contributed by atoms with E-state index in [2.05, 4.69) is 12.2 Å². The van der Waals surface area contributed by atoms with Gasteiger partial charge in [-0.25, -0.2) is 8.42 Å². The van der Waals surface area contributed by atoms with Gasteiger partial charge in [0.15, 0.2) is 6.61 Å². The lowest BCUT2D eigenvalue weighted by atomic mass is 10.2. The van der Waals surface area contributed by atoms with Gasteiger partial charge >= 0.3 is 0 Å². The van der Waals surface area contributed by atoms with Crippen LogP contribution in [0.3, 0.4) is 0 Å². The Balaban J connectivity index is 1.58. The number of nitrogens with one attached hydrogen (secondary N) is 1. The fourth-order valence-electron chi connectivity index (χ4n) is 3.02. The number of sulfonamides is 1. The van der Waals surface area contributed by atoms with Crippen molar-refractivity contribution in [1.29, 1.82) is 0 Å². The molecule has 0 aliphatic rings. The van der Waals surface area contributed by atoms with Crippen molar-refractivity contribution in [3.63, 3.8) is 0 Å². The number of carbonyl (C=O) groups excluding carboxylic acids is 1. The van der Waals surface area contributed by atoms with Gasteiger partial charge in [-0.3, -0.25) is 4.79 Å². The molecule has 3 aromatic rings. The van der Waals surface area contributed by atoms with E-state index in [0.717, 1.165) is 17.5 Å². The Labute approximate surface area is 183 Å². The molecule has 7 heteroatoms. The first kappa shape index (κ1) is 22.5. The van der Waals surface area contributed by atoms with E-state index < -0.39 is 10.0 Å². The van der Waals surface area contributed by atoms with Gasteiger partial charge in [0, 0.05) is 19.3 Å². The zero-order valence-corrected chi connectivity index (χ0v) is 18.4. The van der Waals surface area contributed by atoms with Gasteiger partial charge in [-0.2, -0.15) is 4.31 Å². The SMILES string of the molecule is CCc1cccc(OCC(=O)Nc2ccc(S(=O)(=O)N(C)Cc3ccccc3)cc2)c1. The Kier molecular flexibility index (Phi) is 7.44. The lowest BCUT2D eigenvalue weighted by Gasteiger charge is -2.17. The molecule has 31 heavy (non-hydrogen) atoms. The zero-order chi connectivity index (χ0) is 22.3. The van der Waals surface area contributed by atoms with Crippen molar-refractivity contribution in [2.75, 3.05) is 19.0 Å². The van der Waals surface area contributed by atoms with Crippen LogP contribution in [0.1, 0.15) is 18.1 Å². The minimum Gasteiger partial charge on any atom is -0.484 e. The van der Waals surface area contributed by atoms with E-state index in [9.17, 15) is 13.2 Å². The van der Waals surface area contributed by atoms with Gasteiger partial charge < -0.3 is 10.1 Å². The van der Waals surface area contributed by atoms with Crippen LogP contribution in [0.2, 0.25) is 0 Å².